The van der Waals surface area contributed by atoms with Crippen LogP contribution in [-0.2, 0) is 38.1 Å². The van der Waals surface area contributed by atoms with E-state index in [-0.39, 0.29) is 87.9 Å². The third-order valence-electron chi connectivity index (χ3n) is 31.5. The van der Waals surface area contributed by atoms with Crippen molar-refractivity contribution in [3.8, 4) is 0 Å². The lowest BCUT2D eigenvalue weighted by atomic mass is 9.30. The predicted molar refractivity (Wildman–Crippen MR) is 256 cm³/mol. The Bertz CT molecular complexity index is 2750. The number of aliphatic hydroxyl groups excluding tert-OH is 4. The van der Waals surface area contributed by atoms with Crippen LogP contribution in [0.25, 0.3) is 0 Å². The number of carbonyl (C=O) groups is 4. The minimum absolute atomic E-state index is 0.106. The minimum atomic E-state index is -1.58. The summed E-state index contributed by atoms with van der Waals surface area (Å²) >= 11 is 0. The number of ether oxygens (including phenoxy) is 4. The molecule has 18 fully saturated rings. The normalized spacial score (nSPS) is 63.2. The number of esters is 4. The maximum Gasteiger partial charge on any atom is 0.324 e. The standard InChI is InChI=1S/C62H74O12/c1-57(53(67)71-12-8-63,54(68)72-13-9-64)59-7-5-24-18-25-17-23-4-6-58-21-28-20-27-19-26-16-22-2-3-29(59)35-30(22)36-32(26)45-47-43-40(36)39(35)46-42-38(34(24)51(46)59)31(25)37-33(23)50(58)48(44(37)41(42)43)52(47)60(49(27)45)61(62(28,58)60,55(69)73-14-10-65)56(70)74-15-11-66/h4,6,19,22-26,28-52,63-66H,2-3,5,7-18,20-21H2,1H3. The maximum absolute atomic E-state index is 16.1. The number of allylic oxidation sites excluding steroid dienone is 4. The van der Waals surface area contributed by atoms with Gasteiger partial charge in [0.25, 0.3) is 0 Å². The van der Waals surface area contributed by atoms with Gasteiger partial charge in [0.2, 0.25) is 0 Å². The van der Waals surface area contributed by atoms with Crippen LogP contribution in [0.5, 0.6) is 0 Å². The summed E-state index contributed by atoms with van der Waals surface area (Å²) in [5.74, 6) is 11.6. The molecule has 34 atom stereocenters. The summed E-state index contributed by atoms with van der Waals surface area (Å²) in [6.07, 6.45) is 17.8. The summed E-state index contributed by atoms with van der Waals surface area (Å²) in [6.45, 7) is 0.163. The first-order chi connectivity index (χ1) is 36.1. The minimum Gasteiger partial charge on any atom is -0.462 e. The fourth-order valence-corrected chi connectivity index (χ4v) is 33.3. The van der Waals surface area contributed by atoms with Crippen molar-refractivity contribution in [1.29, 1.82) is 0 Å². The van der Waals surface area contributed by atoms with Crippen LogP contribution >= 0.6 is 0 Å². The molecule has 20 rings (SSSR count). The number of carbonyl (C=O) groups excluding carboxylic acids is 4. The van der Waals surface area contributed by atoms with Crippen LogP contribution in [0.4, 0.5) is 0 Å². The average Bonchev–Trinajstić information content (AvgIpc) is 2.66. The van der Waals surface area contributed by atoms with Crippen molar-refractivity contribution in [2.75, 3.05) is 52.9 Å². The van der Waals surface area contributed by atoms with Crippen LogP contribution in [0.3, 0.4) is 0 Å². The molecule has 0 saturated heterocycles. The second-order valence-electron chi connectivity index (χ2n) is 30.3. The van der Waals surface area contributed by atoms with Crippen LogP contribution in [-0.4, -0.2) is 97.2 Å². The van der Waals surface area contributed by atoms with Crippen molar-refractivity contribution in [2.24, 2.45) is 210 Å². The molecular weight excluding hydrogens is 937 g/mol. The van der Waals surface area contributed by atoms with Gasteiger partial charge in [0.05, 0.1) is 26.4 Å². The van der Waals surface area contributed by atoms with E-state index < -0.39 is 51.0 Å². The summed E-state index contributed by atoms with van der Waals surface area (Å²) < 4.78 is 25.1. The Morgan fingerprint density at radius 3 is 1.86 bits per heavy atom. The molecule has 0 bridgehead atoms. The molecule has 20 aliphatic carbocycles. The van der Waals surface area contributed by atoms with Gasteiger partial charge in [-0.05, 0) is 242 Å². The van der Waals surface area contributed by atoms with Gasteiger partial charge < -0.3 is 39.4 Å². The molecule has 0 aromatic carbocycles. The highest BCUT2D eigenvalue weighted by Gasteiger charge is 3.13. The van der Waals surface area contributed by atoms with Crippen LogP contribution in [0.1, 0.15) is 64.7 Å². The summed E-state index contributed by atoms with van der Waals surface area (Å²) in [6, 6.07) is 0. The van der Waals surface area contributed by atoms with Gasteiger partial charge in [-0.1, -0.05) is 23.8 Å². The van der Waals surface area contributed by atoms with E-state index in [1.807, 2.05) is 6.92 Å². The Balaban J connectivity index is 0.889. The molecule has 74 heavy (non-hydrogen) atoms. The maximum atomic E-state index is 16.1. The molecule has 0 aliphatic heterocycles. The molecule has 0 aromatic heterocycles. The Morgan fingerprint density at radius 2 is 1.15 bits per heavy atom. The summed E-state index contributed by atoms with van der Waals surface area (Å²) in [4.78, 5) is 63.3. The quantitative estimate of drug-likeness (QED) is 0.0856. The molecule has 20 aliphatic rings. The molecule has 18 saturated carbocycles. The molecule has 0 heterocycles. The number of rotatable bonds is 13. The Hall–Kier alpha value is -2.80. The molecule has 0 radical (unpaired) electrons. The first kappa shape index (κ1) is 43.1. The first-order valence-corrected chi connectivity index (χ1v) is 30.6. The Morgan fingerprint density at radius 1 is 0.568 bits per heavy atom. The molecule has 3 spiro atoms. The SMILES string of the molecule is CC(C(=O)OCCO)(C(=O)OCCO)C12CCC3CC4CC5C=CC67CC8CC9=CC%10CC%11CCC1C1C%11C%11C%10C%10C%12C%13C%11C1C1C%11C%13C%13C(C4C%11C3C12)C5C6C%13C%12C1(C9%10)C(C(=O)OCCO)(C(=O)OCCO)C871. The lowest BCUT2D eigenvalue weighted by Gasteiger charge is -2.73. The van der Waals surface area contributed by atoms with Gasteiger partial charge >= 0.3 is 23.9 Å². The molecule has 12 nitrogen and oxygen atoms in total. The van der Waals surface area contributed by atoms with Crippen molar-refractivity contribution in [3.05, 3.63) is 23.8 Å². The monoisotopic (exact) mass is 1010 g/mol. The smallest absolute Gasteiger partial charge is 0.324 e. The van der Waals surface area contributed by atoms with Gasteiger partial charge in [-0.3, -0.25) is 19.2 Å². The fraction of sp³-hybridized carbons (Fsp3) is 0.871. The van der Waals surface area contributed by atoms with E-state index in [2.05, 4.69) is 18.2 Å². The number of hydrogen-bond acceptors (Lipinski definition) is 12. The van der Waals surface area contributed by atoms with Crippen molar-refractivity contribution in [2.45, 2.75) is 64.7 Å². The van der Waals surface area contributed by atoms with Crippen molar-refractivity contribution in [1.82, 2.24) is 0 Å². The number of fused-ring (bicyclic) bond motifs is 1. The van der Waals surface area contributed by atoms with E-state index in [4.69, 9.17) is 18.9 Å². The highest BCUT2D eigenvalue weighted by atomic mass is 16.6. The molecule has 0 amide bonds. The Kier molecular flexibility index (Phi) is 7.45. The molecule has 0 aromatic rings. The zero-order chi connectivity index (χ0) is 49.2. The zero-order valence-corrected chi connectivity index (χ0v) is 42.6. The molecule has 394 valence electrons. The molecule has 4 N–H and O–H groups in total. The largest absolute Gasteiger partial charge is 0.462 e. The van der Waals surface area contributed by atoms with Crippen LogP contribution in [0, 0.1) is 210 Å². The van der Waals surface area contributed by atoms with Crippen molar-refractivity contribution in [3.63, 3.8) is 0 Å². The van der Waals surface area contributed by atoms with Crippen LogP contribution in [0.2, 0.25) is 0 Å². The van der Waals surface area contributed by atoms with Crippen LogP contribution < -0.4 is 0 Å². The fourth-order valence-electron chi connectivity index (χ4n) is 33.3. The van der Waals surface area contributed by atoms with E-state index >= 15 is 19.2 Å². The summed E-state index contributed by atoms with van der Waals surface area (Å²) in [5.41, 5.74) is -3.67. The second-order valence-corrected chi connectivity index (χ2v) is 30.3. The summed E-state index contributed by atoms with van der Waals surface area (Å²) in [5, 5.41) is 41.1. The van der Waals surface area contributed by atoms with Crippen LogP contribution in [0.15, 0.2) is 23.8 Å². The van der Waals surface area contributed by atoms with E-state index in [9.17, 15) is 20.4 Å². The second kappa shape index (κ2) is 12.8. The van der Waals surface area contributed by atoms with Gasteiger partial charge in [-0.15, -0.1) is 0 Å². The van der Waals surface area contributed by atoms with E-state index in [0.717, 1.165) is 38.5 Å². The van der Waals surface area contributed by atoms with Gasteiger partial charge in [0.1, 0.15) is 26.4 Å². The average molecular weight is 1010 g/mol. The lowest BCUT2D eigenvalue weighted by Crippen LogP contribution is -2.71. The molecule has 34 unspecified atom stereocenters. The first-order valence-electron chi connectivity index (χ1n) is 30.6. The molecule has 12 heteroatoms. The van der Waals surface area contributed by atoms with Gasteiger partial charge in [0.15, 0.2) is 10.8 Å². The zero-order valence-electron chi connectivity index (χ0n) is 42.6. The third kappa shape index (κ3) is 3.52. The highest BCUT2D eigenvalue weighted by Crippen LogP contribution is 3.10. The summed E-state index contributed by atoms with van der Waals surface area (Å²) in [7, 11) is 0. The molecular formula is C62H74O12. The van der Waals surface area contributed by atoms with Crippen molar-refractivity contribution >= 4 is 23.9 Å². The number of aliphatic hydroxyl groups is 4. The predicted octanol–water partition coefficient (Wildman–Crippen LogP) is 4.82. The number of hydrogen-bond donors (Lipinski definition) is 4. The van der Waals surface area contributed by atoms with Gasteiger partial charge in [0, 0.05) is 21.7 Å². The lowest BCUT2D eigenvalue weighted by molar-refractivity contribution is -0.260. The van der Waals surface area contributed by atoms with Gasteiger partial charge in [-0.2, -0.15) is 0 Å². The van der Waals surface area contributed by atoms with Gasteiger partial charge in [-0.25, -0.2) is 0 Å². The van der Waals surface area contributed by atoms with E-state index in [1.165, 1.54) is 19.3 Å². The van der Waals surface area contributed by atoms with E-state index in [1.54, 1.807) is 5.57 Å². The Labute approximate surface area is 432 Å². The van der Waals surface area contributed by atoms with E-state index in [0.29, 0.717) is 148 Å². The topological polar surface area (TPSA) is 186 Å². The third-order valence-corrected chi connectivity index (χ3v) is 31.5. The van der Waals surface area contributed by atoms with Crippen molar-refractivity contribution < 1.29 is 58.6 Å². The highest BCUT2D eigenvalue weighted by molar-refractivity contribution is 6.09.